The summed E-state index contributed by atoms with van der Waals surface area (Å²) >= 11 is 0. The van der Waals surface area contributed by atoms with Crippen molar-refractivity contribution in [1.29, 1.82) is 0 Å². The lowest BCUT2D eigenvalue weighted by atomic mass is 10.1. The van der Waals surface area contributed by atoms with E-state index >= 15 is 0 Å². The second kappa shape index (κ2) is 13.7. The number of hydrogen-bond acceptors (Lipinski definition) is 5. The van der Waals surface area contributed by atoms with E-state index in [1.807, 2.05) is 0 Å². The maximum absolute atomic E-state index is 14.0. The number of halogens is 3. The van der Waals surface area contributed by atoms with Crippen molar-refractivity contribution < 1.29 is 35.9 Å². The SMILES string of the molecule is CC[C@@H](C(=O)NC(C)C)N(Cc1ccc(OC)cc1)C(=O)CN(c1cccc(C(F)(F)F)c1)S(=O)(=O)c1ccccc1. The Bertz CT molecular complexity index is 1460. The first-order valence-corrected chi connectivity index (χ1v) is 14.7. The number of nitrogens with one attached hydrogen (secondary N) is 1. The third-order valence-electron chi connectivity index (χ3n) is 6.40. The van der Waals surface area contributed by atoms with Crippen LogP contribution in [-0.2, 0) is 32.3 Å². The van der Waals surface area contributed by atoms with E-state index in [9.17, 15) is 31.2 Å². The predicted molar refractivity (Wildman–Crippen MR) is 153 cm³/mol. The summed E-state index contributed by atoms with van der Waals surface area (Å²) < 4.78 is 74.2. The van der Waals surface area contributed by atoms with E-state index in [2.05, 4.69) is 5.32 Å². The number of hydrogen-bond donors (Lipinski definition) is 1. The fourth-order valence-electron chi connectivity index (χ4n) is 4.31. The monoisotopic (exact) mass is 605 g/mol. The van der Waals surface area contributed by atoms with Gasteiger partial charge in [0, 0.05) is 12.6 Å². The van der Waals surface area contributed by atoms with Crippen molar-refractivity contribution in [2.45, 2.75) is 56.9 Å². The molecular weight excluding hydrogens is 571 g/mol. The summed E-state index contributed by atoms with van der Waals surface area (Å²) in [5.41, 5.74) is -0.777. The number of sulfonamides is 1. The Morgan fingerprint density at radius 1 is 0.952 bits per heavy atom. The molecule has 0 saturated heterocycles. The Labute approximate surface area is 244 Å². The zero-order valence-electron chi connectivity index (χ0n) is 23.8. The lowest BCUT2D eigenvalue weighted by Gasteiger charge is -2.33. The molecule has 0 aliphatic carbocycles. The molecule has 8 nitrogen and oxygen atoms in total. The predicted octanol–water partition coefficient (Wildman–Crippen LogP) is 5.24. The first kappa shape index (κ1) is 32.5. The quantitative estimate of drug-likeness (QED) is 0.305. The number of carbonyl (C=O) groups is 2. The van der Waals surface area contributed by atoms with Crippen molar-refractivity contribution in [3.63, 3.8) is 0 Å². The van der Waals surface area contributed by atoms with Gasteiger partial charge in [-0.05, 0) is 68.3 Å². The molecule has 0 unspecified atom stereocenters. The largest absolute Gasteiger partial charge is 0.497 e. The standard InChI is InChI=1S/C30H34F3N3O5S/c1-5-27(29(38)34-21(2)3)35(19-22-14-16-25(41-4)17-15-22)28(37)20-36(42(39,40)26-12-7-6-8-13-26)24-11-9-10-23(18-24)30(31,32)33/h6-18,21,27H,5,19-20H2,1-4H3,(H,34,38)/t27-/m0/s1. The van der Waals surface area contributed by atoms with Crippen LogP contribution in [0.5, 0.6) is 5.75 Å². The molecule has 1 atom stereocenters. The number of benzene rings is 3. The molecule has 0 heterocycles. The number of carbonyl (C=O) groups excluding carboxylic acids is 2. The van der Waals surface area contributed by atoms with Crippen LogP contribution in [0.4, 0.5) is 18.9 Å². The Balaban J connectivity index is 2.10. The van der Waals surface area contributed by atoms with Crippen LogP contribution in [0.25, 0.3) is 0 Å². The zero-order valence-corrected chi connectivity index (χ0v) is 24.6. The van der Waals surface area contributed by atoms with Crippen molar-refractivity contribution in [1.82, 2.24) is 10.2 Å². The number of amides is 2. The molecule has 0 aromatic heterocycles. The maximum atomic E-state index is 14.0. The van der Waals surface area contributed by atoms with Crippen molar-refractivity contribution in [2.24, 2.45) is 0 Å². The van der Waals surface area contributed by atoms with Crippen LogP contribution in [0.15, 0.2) is 83.8 Å². The van der Waals surface area contributed by atoms with E-state index < -0.39 is 46.2 Å². The summed E-state index contributed by atoms with van der Waals surface area (Å²) in [5.74, 6) is -0.634. The first-order valence-electron chi connectivity index (χ1n) is 13.3. The third-order valence-corrected chi connectivity index (χ3v) is 8.19. The Morgan fingerprint density at radius 3 is 2.14 bits per heavy atom. The third kappa shape index (κ3) is 8.03. The van der Waals surface area contributed by atoms with Gasteiger partial charge in [-0.3, -0.25) is 13.9 Å². The lowest BCUT2D eigenvalue weighted by Crippen LogP contribution is -2.53. The molecule has 1 N–H and O–H groups in total. The van der Waals surface area contributed by atoms with E-state index in [1.54, 1.807) is 51.1 Å². The number of methoxy groups -OCH3 is 1. The molecule has 0 aliphatic heterocycles. The number of nitrogens with zero attached hydrogens (tertiary/aromatic N) is 2. The van der Waals surface area contributed by atoms with Crippen LogP contribution in [0.2, 0.25) is 0 Å². The highest BCUT2D eigenvalue weighted by Crippen LogP contribution is 2.33. The Morgan fingerprint density at radius 2 is 1.60 bits per heavy atom. The van der Waals surface area contributed by atoms with Gasteiger partial charge in [0.2, 0.25) is 11.8 Å². The summed E-state index contributed by atoms with van der Waals surface area (Å²) in [6, 6.07) is 16.5. The topological polar surface area (TPSA) is 96.0 Å². The number of anilines is 1. The second-order valence-corrected chi connectivity index (χ2v) is 11.7. The lowest BCUT2D eigenvalue weighted by molar-refractivity contribution is -0.140. The molecule has 42 heavy (non-hydrogen) atoms. The van der Waals surface area contributed by atoms with Gasteiger partial charge in [0.05, 0.1) is 23.3 Å². The summed E-state index contributed by atoms with van der Waals surface area (Å²) in [5, 5.41) is 2.79. The molecule has 226 valence electrons. The van der Waals surface area contributed by atoms with Crippen molar-refractivity contribution in [2.75, 3.05) is 18.0 Å². The molecule has 0 fully saturated rings. The van der Waals surface area contributed by atoms with E-state index in [0.717, 1.165) is 12.1 Å². The molecule has 3 rings (SSSR count). The van der Waals surface area contributed by atoms with Gasteiger partial charge in [-0.15, -0.1) is 0 Å². The summed E-state index contributed by atoms with van der Waals surface area (Å²) in [6.45, 7) is 4.34. The average molecular weight is 606 g/mol. The van der Waals surface area contributed by atoms with Gasteiger partial charge in [-0.1, -0.05) is 43.3 Å². The number of rotatable bonds is 12. The number of alkyl halides is 3. The Kier molecular flexibility index (Phi) is 10.6. The molecule has 0 aliphatic rings. The first-order chi connectivity index (χ1) is 19.8. The second-order valence-electron chi connectivity index (χ2n) is 9.83. The van der Waals surface area contributed by atoms with Gasteiger partial charge in [-0.2, -0.15) is 13.2 Å². The summed E-state index contributed by atoms with van der Waals surface area (Å²) in [6.07, 6.45) is -4.54. The fraction of sp³-hybridized carbons (Fsp3) is 0.333. The molecule has 0 radical (unpaired) electrons. The highest BCUT2D eigenvalue weighted by atomic mass is 32.2. The minimum absolute atomic E-state index is 0.0608. The van der Waals surface area contributed by atoms with Crippen LogP contribution in [-0.4, -0.2) is 50.9 Å². The van der Waals surface area contributed by atoms with Crippen LogP contribution < -0.4 is 14.4 Å². The van der Waals surface area contributed by atoms with Crippen molar-refractivity contribution in [3.8, 4) is 5.75 Å². The molecule has 3 aromatic carbocycles. The summed E-state index contributed by atoms with van der Waals surface area (Å²) in [4.78, 5) is 28.2. The Hall–Kier alpha value is -4.06. The van der Waals surface area contributed by atoms with Gasteiger partial charge >= 0.3 is 6.18 Å². The van der Waals surface area contributed by atoms with Gasteiger partial charge in [0.1, 0.15) is 18.3 Å². The van der Waals surface area contributed by atoms with Crippen molar-refractivity contribution in [3.05, 3.63) is 90.0 Å². The van der Waals surface area contributed by atoms with Crippen LogP contribution in [0, 0.1) is 0 Å². The van der Waals surface area contributed by atoms with Crippen LogP contribution in [0.3, 0.4) is 0 Å². The smallest absolute Gasteiger partial charge is 0.416 e. The van der Waals surface area contributed by atoms with Gasteiger partial charge in [0.15, 0.2) is 0 Å². The number of ether oxygens (including phenoxy) is 1. The minimum Gasteiger partial charge on any atom is -0.497 e. The van der Waals surface area contributed by atoms with E-state index in [1.165, 1.54) is 42.3 Å². The van der Waals surface area contributed by atoms with Crippen LogP contribution >= 0.6 is 0 Å². The molecule has 0 bridgehead atoms. The summed E-state index contributed by atoms with van der Waals surface area (Å²) in [7, 11) is -2.99. The van der Waals surface area contributed by atoms with Crippen LogP contribution in [0.1, 0.15) is 38.3 Å². The maximum Gasteiger partial charge on any atom is 0.416 e. The van der Waals surface area contributed by atoms with Crippen molar-refractivity contribution >= 4 is 27.5 Å². The molecule has 12 heteroatoms. The molecule has 0 saturated carbocycles. The van der Waals surface area contributed by atoms with Gasteiger partial charge in [-0.25, -0.2) is 8.42 Å². The molecule has 0 spiro atoms. The van der Waals surface area contributed by atoms with E-state index in [0.29, 0.717) is 21.7 Å². The molecule has 2 amide bonds. The highest BCUT2D eigenvalue weighted by Gasteiger charge is 2.36. The molecule has 3 aromatic rings. The van der Waals surface area contributed by atoms with E-state index in [4.69, 9.17) is 4.74 Å². The average Bonchev–Trinajstić information content (AvgIpc) is 2.95. The molecular formula is C30H34F3N3O5S. The normalized spacial score (nSPS) is 12.5. The fourth-order valence-corrected chi connectivity index (χ4v) is 5.74. The van der Waals surface area contributed by atoms with E-state index in [-0.39, 0.29) is 29.6 Å². The van der Waals surface area contributed by atoms with Gasteiger partial charge < -0.3 is 15.0 Å². The highest BCUT2D eigenvalue weighted by molar-refractivity contribution is 7.92. The minimum atomic E-state index is -4.75. The van der Waals surface area contributed by atoms with Gasteiger partial charge in [0.25, 0.3) is 10.0 Å². The zero-order chi connectivity index (χ0) is 31.1.